The molecule has 2 nitrogen and oxygen atoms in total. The number of nitrogens with zero attached hydrogens (tertiary/aromatic N) is 1. The van der Waals surface area contributed by atoms with Gasteiger partial charge in [-0.1, -0.05) is 45.4 Å². The molecule has 0 aliphatic heterocycles. The van der Waals surface area contributed by atoms with Gasteiger partial charge in [0, 0.05) is 5.69 Å². The molecule has 0 bridgehead atoms. The molecule has 104 valence electrons. The highest BCUT2D eigenvalue weighted by atomic mass is 15.0. The van der Waals surface area contributed by atoms with Crippen molar-refractivity contribution >= 4 is 5.69 Å². The number of aryl methyl sites for hydroxylation is 1. The van der Waals surface area contributed by atoms with Gasteiger partial charge in [-0.15, -0.1) is 0 Å². The van der Waals surface area contributed by atoms with E-state index in [2.05, 4.69) is 70.3 Å². The summed E-state index contributed by atoms with van der Waals surface area (Å²) in [5.41, 5.74) is 1.81. The summed E-state index contributed by atoms with van der Waals surface area (Å²) in [6.45, 7) is 10.8. The van der Waals surface area contributed by atoms with Crippen LogP contribution in [0.5, 0.6) is 0 Å². The zero-order chi connectivity index (χ0) is 14.5. The lowest BCUT2D eigenvalue weighted by Crippen LogP contribution is -2.39. The Morgan fingerprint density at radius 1 is 1.05 bits per heavy atom. The van der Waals surface area contributed by atoms with Crippen molar-refractivity contribution in [1.82, 2.24) is 0 Å². The number of hydrogen-bond acceptors (Lipinski definition) is 2. The number of anilines is 1. The van der Waals surface area contributed by atoms with Gasteiger partial charge in [-0.05, 0) is 43.7 Å². The fourth-order valence-corrected chi connectivity index (χ4v) is 2.61. The van der Waals surface area contributed by atoms with Crippen LogP contribution in [0.4, 0.5) is 5.69 Å². The molecule has 1 rings (SSSR count). The predicted molar refractivity (Wildman–Crippen MR) is 82.1 cm³/mol. The van der Waals surface area contributed by atoms with Gasteiger partial charge in [0.25, 0.3) is 0 Å². The third-order valence-electron chi connectivity index (χ3n) is 3.16. The van der Waals surface area contributed by atoms with E-state index in [1.54, 1.807) is 0 Å². The molecule has 1 aromatic carbocycles. The lowest BCUT2D eigenvalue weighted by molar-refractivity contribution is 0.376. The number of nitriles is 1. The lowest BCUT2D eigenvalue weighted by Gasteiger charge is -2.32. The first-order chi connectivity index (χ1) is 8.87. The van der Waals surface area contributed by atoms with Gasteiger partial charge in [-0.3, -0.25) is 0 Å². The van der Waals surface area contributed by atoms with Crippen molar-refractivity contribution in [3.63, 3.8) is 0 Å². The summed E-state index contributed by atoms with van der Waals surface area (Å²) in [5, 5.41) is 13.1. The van der Waals surface area contributed by atoms with Crippen molar-refractivity contribution in [2.45, 2.75) is 53.0 Å². The Balaban J connectivity index is 2.95. The molecule has 0 fully saturated rings. The Labute approximate surface area is 117 Å². The summed E-state index contributed by atoms with van der Waals surface area (Å²) in [6.07, 6.45) is 1.74. The maximum Gasteiger partial charge on any atom is 0.125 e. The van der Waals surface area contributed by atoms with Crippen LogP contribution in [0, 0.1) is 30.1 Å². The predicted octanol–water partition coefficient (Wildman–Crippen LogP) is 4.76. The van der Waals surface area contributed by atoms with E-state index in [-0.39, 0.29) is 0 Å². The fraction of sp³-hybridized carbons (Fsp3) is 0.588. The number of rotatable bonds is 6. The quantitative estimate of drug-likeness (QED) is 0.798. The fourth-order valence-electron chi connectivity index (χ4n) is 2.61. The maximum atomic E-state index is 9.68. The second kappa shape index (κ2) is 6.61. The first-order valence-electron chi connectivity index (χ1n) is 7.13. The van der Waals surface area contributed by atoms with Crippen molar-refractivity contribution in [3.05, 3.63) is 29.8 Å². The average molecular weight is 258 g/mol. The van der Waals surface area contributed by atoms with Crippen LogP contribution in [0.2, 0.25) is 0 Å². The monoisotopic (exact) mass is 258 g/mol. The Morgan fingerprint density at radius 2 is 1.53 bits per heavy atom. The minimum atomic E-state index is -0.461. The highest BCUT2D eigenvalue weighted by Gasteiger charge is 2.31. The number of nitrogens with one attached hydrogen (secondary N) is 1. The van der Waals surface area contributed by atoms with Gasteiger partial charge in [0.2, 0.25) is 0 Å². The molecule has 1 aromatic rings. The molecule has 0 amide bonds. The SMILES string of the molecule is Cc1ccc(NC(C#N)(CC(C)C)CC(C)C)cc1. The van der Waals surface area contributed by atoms with Crippen LogP contribution in [0.25, 0.3) is 0 Å². The van der Waals surface area contributed by atoms with Crippen LogP contribution in [0.15, 0.2) is 24.3 Å². The second-order valence-corrected chi connectivity index (χ2v) is 6.38. The molecule has 0 aliphatic rings. The van der Waals surface area contributed by atoms with Crippen LogP contribution in [0.3, 0.4) is 0 Å². The van der Waals surface area contributed by atoms with Gasteiger partial charge in [0.15, 0.2) is 0 Å². The van der Waals surface area contributed by atoms with Crippen LogP contribution in [-0.2, 0) is 0 Å². The third-order valence-corrected chi connectivity index (χ3v) is 3.16. The van der Waals surface area contributed by atoms with Gasteiger partial charge in [0.1, 0.15) is 5.54 Å². The molecule has 2 heteroatoms. The molecule has 0 spiro atoms. The van der Waals surface area contributed by atoms with Gasteiger partial charge >= 0.3 is 0 Å². The van der Waals surface area contributed by atoms with Crippen molar-refractivity contribution in [1.29, 1.82) is 5.26 Å². The van der Waals surface area contributed by atoms with Crippen molar-refractivity contribution in [2.75, 3.05) is 5.32 Å². The van der Waals surface area contributed by atoms with Crippen LogP contribution in [0.1, 0.15) is 46.1 Å². The van der Waals surface area contributed by atoms with E-state index >= 15 is 0 Å². The van der Waals surface area contributed by atoms with E-state index in [4.69, 9.17) is 0 Å². The first-order valence-corrected chi connectivity index (χ1v) is 7.13. The van der Waals surface area contributed by atoms with E-state index in [9.17, 15) is 5.26 Å². The number of hydrogen-bond donors (Lipinski definition) is 1. The van der Waals surface area contributed by atoms with Crippen LogP contribution < -0.4 is 5.32 Å². The molecule has 0 radical (unpaired) electrons. The molecule has 0 saturated heterocycles. The molecule has 0 heterocycles. The summed E-state index contributed by atoms with van der Waals surface area (Å²) < 4.78 is 0. The molecular weight excluding hydrogens is 232 g/mol. The summed E-state index contributed by atoms with van der Waals surface area (Å²) in [6, 6.07) is 10.8. The smallest absolute Gasteiger partial charge is 0.125 e. The van der Waals surface area contributed by atoms with Gasteiger partial charge in [0.05, 0.1) is 6.07 Å². The van der Waals surface area contributed by atoms with E-state index < -0.39 is 5.54 Å². The largest absolute Gasteiger partial charge is 0.367 e. The molecule has 0 aromatic heterocycles. The second-order valence-electron chi connectivity index (χ2n) is 6.38. The summed E-state index contributed by atoms with van der Waals surface area (Å²) in [4.78, 5) is 0. The van der Waals surface area contributed by atoms with Crippen molar-refractivity contribution < 1.29 is 0 Å². The molecule has 1 N–H and O–H groups in total. The van der Waals surface area contributed by atoms with E-state index in [1.165, 1.54) is 5.56 Å². The average Bonchev–Trinajstić information content (AvgIpc) is 2.30. The highest BCUT2D eigenvalue weighted by molar-refractivity contribution is 5.48. The van der Waals surface area contributed by atoms with Gasteiger partial charge < -0.3 is 5.32 Å². The number of benzene rings is 1. The molecule has 0 aliphatic carbocycles. The zero-order valence-corrected chi connectivity index (χ0v) is 12.8. The van der Waals surface area contributed by atoms with Crippen LogP contribution in [-0.4, -0.2) is 5.54 Å². The maximum absolute atomic E-state index is 9.68. The zero-order valence-electron chi connectivity index (χ0n) is 12.8. The van der Waals surface area contributed by atoms with E-state index in [0.29, 0.717) is 11.8 Å². The molecule has 0 atom stereocenters. The van der Waals surface area contributed by atoms with Crippen LogP contribution >= 0.6 is 0 Å². The molecule has 0 saturated carbocycles. The molecule has 0 unspecified atom stereocenters. The minimum Gasteiger partial charge on any atom is -0.367 e. The standard InChI is InChI=1S/C17H26N2/c1-13(2)10-17(12-18,11-14(3)4)19-16-8-6-15(5)7-9-16/h6-9,13-14,19H,10-11H2,1-5H3. The first kappa shape index (κ1) is 15.6. The summed E-state index contributed by atoms with van der Waals surface area (Å²) >= 11 is 0. The van der Waals surface area contributed by atoms with E-state index in [0.717, 1.165) is 18.5 Å². The van der Waals surface area contributed by atoms with Crippen molar-refractivity contribution in [2.24, 2.45) is 11.8 Å². The van der Waals surface area contributed by atoms with Gasteiger partial charge in [-0.25, -0.2) is 0 Å². The minimum absolute atomic E-state index is 0.461. The highest BCUT2D eigenvalue weighted by Crippen LogP contribution is 2.29. The molecular formula is C17H26N2. The summed E-state index contributed by atoms with van der Waals surface area (Å²) in [5.74, 6) is 0.993. The Kier molecular flexibility index (Phi) is 5.42. The van der Waals surface area contributed by atoms with Gasteiger partial charge in [-0.2, -0.15) is 5.26 Å². The lowest BCUT2D eigenvalue weighted by atomic mass is 9.82. The Morgan fingerprint density at radius 3 is 1.89 bits per heavy atom. The molecule has 19 heavy (non-hydrogen) atoms. The third kappa shape index (κ3) is 4.95. The van der Waals surface area contributed by atoms with E-state index in [1.807, 2.05) is 0 Å². The Bertz CT molecular complexity index is 414. The topological polar surface area (TPSA) is 35.8 Å². The normalized spacial score (nSPS) is 11.7. The van der Waals surface area contributed by atoms with Crippen molar-refractivity contribution in [3.8, 4) is 6.07 Å². The Hall–Kier alpha value is -1.49. The summed E-state index contributed by atoms with van der Waals surface area (Å²) in [7, 11) is 0.